The average molecular weight is 529 g/mol. The Labute approximate surface area is 193 Å². The highest BCUT2D eigenvalue weighted by atomic mass is 127. The molecule has 9 heteroatoms. The van der Waals surface area contributed by atoms with Gasteiger partial charge in [0.1, 0.15) is 0 Å². The van der Waals surface area contributed by atoms with Crippen LogP contribution in [0, 0.1) is 0 Å². The molecule has 156 valence electrons. The molecule has 1 N–H and O–H groups in total. The molecule has 3 aromatic rings. The number of guanidine groups is 1. The molecular formula is C20H26ClIN6O. The van der Waals surface area contributed by atoms with Gasteiger partial charge in [-0.3, -0.25) is 4.99 Å². The van der Waals surface area contributed by atoms with Gasteiger partial charge in [-0.2, -0.15) is 4.98 Å². The van der Waals surface area contributed by atoms with Crippen molar-refractivity contribution in [3.63, 3.8) is 0 Å². The molecule has 7 nitrogen and oxygen atoms in total. The van der Waals surface area contributed by atoms with Gasteiger partial charge >= 0.3 is 0 Å². The average Bonchev–Trinajstić information content (AvgIpc) is 3.31. The summed E-state index contributed by atoms with van der Waals surface area (Å²) in [5, 5.41) is 8.04. The van der Waals surface area contributed by atoms with Crippen LogP contribution in [0.5, 0.6) is 0 Å². The second-order valence-electron chi connectivity index (χ2n) is 6.47. The van der Waals surface area contributed by atoms with Crippen molar-refractivity contribution in [1.82, 2.24) is 24.9 Å². The molecule has 2 heterocycles. The molecule has 29 heavy (non-hydrogen) atoms. The first-order valence-corrected chi connectivity index (χ1v) is 9.62. The largest absolute Gasteiger partial charge is 0.357 e. The molecule has 0 saturated carbocycles. The van der Waals surface area contributed by atoms with Crippen LogP contribution in [0.1, 0.15) is 18.5 Å². The van der Waals surface area contributed by atoms with Crippen LogP contribution in [-0.2, 0) is 20.0 Å². The van der Waals surface area contributed by atoms with E-state index in [1.165, 1.54) is 5.69 Å². The van der Waals surface area contributed by atoms with E-state index >= 15 is 0 Å². The van der Waals surface area contributed by atoms with Crippen molar-refractivity contribution >= 4 is 41.5 Å². The highest BCUT2D eigenvalue weighted by Gasteiger charge is 2.10. The lowest BCUT2D eigenvalue weighted by Gasteiger charge is -2.22. The number of nitrogens with zero attached hydrogens (tertiary/aromatic N) is 5. The Kier molecular flexibility index (Phi) is 8.97. The first-order valence-electron chi connectivity index (χ1n) is 9.25. The highest BCUT2D eigenvalue weighted by Crippen LogP contribution is 2.18. The van der Waals surface area contributed by atoms with E-state index in [0.717, 1.165) is 24.6 Å². The summed E-state index contributed by atoms with van der Waals surface area (Å²) in [6, 6.07) is 11.5. The zero-order valence-corrected chi connectivity index (χ0v) is 19.9. The molecule has 2 aromatic heterocycles. The molecule has 0 radical (unpaired) electrons. The Balaban J connectivity index is 0.00000300. The predicted octanol–water partition coefficient (Wildman–Crippen LogP) is 3.99. The van der Waals surface area contributed by atoms with Crippen molar-refractivity contribution in [3.05, 3.63) is 59.2 Å². The Hall–Kier alpha value is -2.07. The maximum atomic E-state index is 5.92. The van der Waals surface area contributed by atoms with Gasteiger partial charge in [-0.25, -0.2) is 0 Å². The first kappa shape index (κ1) is 23.2. The van der Waals surface area contributed by atoms with Crippen molar-refractivity contribution in [2.75, 3.05) is 20.1 Å². The van der Waals surface area contributed by atoms with Crippen molar-refractivity contribution in [3.8, 4) is 11.4 Å². The van der Waals surface area contributed by atoms with Gasteiger partial charge in [0, 0.05) is 49.5 Å². The fraction of sp³-hybridized carbons (Fsp3) is 0.350. The highest BCUT2D eigenvalue weighted by molar-refractivity contribution is 14.0. The molecule has 0 aliphatic rings. The molecule has 0 bridgehead atoms. The SMILES string of the molecule is CCNC(=NCCc1nc(-c2ccc(Cl)cc2)no1)N(C)Cc1cccn1C.I. The minimum absolute atomic E-state index is 0. The van der Waals surface area contributed by atoms with E-state index in [4.69, 9.17) is 16.1 Å². The molecule has 0 unspecified atom stereocenters. The Bertz CT molecular complexity index is 921. The van der Waals surface area contributed by atoms with E-state index < -0.39 is 0 Å². The minimum Gasteiger partial charge on any atom is -0.357 e. The standard InChI is InChI=1S/C20H25ClN6O.HI/c1-4-22-20(27(3)14-17-6-5-13-26(17)2)23-12-11-18-24-19(25-28-18)15-7-9-16(21)10-8-15;/h5-10,13H,4,11-12,14H2,1-3H3,(H,22,23);1H. The van der Waals surface area contributed by atoms with Gasteiger partial charge in [0.05, 0.1) is 13.1 Å². The maximum Gasteiger partial charge on any atom is 0.228 e. The van der Waals surface area contributed by atoms with Crippen molar-refractivity contribution in [1.29, 1.82) is 0 Å². The van der Waals surface area contributed by atoms with Crippen LogP contribution in [0.25, 0.3) is 11.4 Å². The molecule has 0 aliphatic heterocycles. The monoisotopic (exact) mass is 528 g/mol. The van der Waals surface area contributed by atoms with Gasteiger partial charge in [-0.15, -0.1) is 24.0 Å². The Morgan fingerprint density at radius 1 is 1.28 bits per heavy atom. The summed E-state index contributed by atoms with van der Waals surface area (Å²) in [6.07, 6.45) is 2.62. The second-order valence-corrected chi connectivity index (χ2v) is 6.91. The number of aromatic nitrogens is 3. The van der Waals surface area contributed by atoms with Crippen LogP contribution < -0.4 is 5.32 Å². The quantitative estimate of drug-likeness (QED) is 0.285. The van der Waals surface area contributed by atoms with Crippen LogP contribution in [0.2, 0.25) is 5.02 Å². The van der Waals surface area contributed by atoms with Gasteiger partial charge < -0.3 is 19.3 Å². The number of rotatable bonds is 7. The topological polar surface area (TPSA) is 71.5 Å². The number of aliphatic imine (C=N–C) groups is 1. The molecule has 1 aromatic carbocycles. The smallest absolute Gasteiger partial charge is 0.228 e. The summed E-state index contributed by atoms with van der Waals surface area (Å²) in [5.41, 5.74) is 2.09. The minimum atomic E-state index is 0. The lowest BCUT2D eigenvalue weighted by Crippen LogP contribution is -2.39. The Morgan fingerprint density at radius 2 is 2.03 bits per heavy atom. The fourth-order valence-electron chi connectivity index (χ4n) is 2.78. The van der Waals surface area contributed by atoms with Crippen LogP contribution in [0.15, 0.2) is 52.1 Å². The maximum absolute atomic E-state index is 5.92. The van der Waals surface area contributed by atoms with Crippen molar-refractivity contribution < 1.29 is 4.52 Å². The second kappa shape index (κ2) is 11.2. The molecule has 0 fully saturated rings. The van der Waals surface area contributed by atoms with E-state index in [-0.39, 0.29) is 24.0 Å². The van der Waals surface area contributed by atoms with E-state index in [0.29, 0.717) is 29.7 Å². The summed E-state index contributed by atoms with van der Waals surface area (Å²) in [5.74, 6) is 1.97. The summed E-state index contributed by atoms with van der Waals surface area (Å²) in [4.78, 5) is 11.2. The number of halogens is 2. The summed E-state index contributed by atoms with van der Waals surface area (Å²) >= 11 is 5.92. The third-order valence-electron chi connectivity index (χ3n) is 4.30. The zero-order chi connectivity index (χ0) is 19.9. The summed E-state index contributed by atoms with van der Waals surface area (Å²) in [7, 11) is 4.07. The van der Waals surface area contributed by atoms with E-state index in [9.17, 15) is 0 Å². The molecule has 0 amide bonds. The number of hydrogen-bond acceptors (Lipinski definition) is 4. The van der Waals surface area contributed by atoms with Crippen LogP contribution in [-0.4, -0.2) is 45.7 Å². The third-order valence-corrected chi connectivity index (χ3v) is 4.56. The summed E-state index contributed by atoms with van der Waals surface area (Å²) < 4.78 is 7.46. The molecule has 0 atom stereocenters. The van der Waals surface area contributed by atoms with Crippen LogP contribution >= 0.6 is 35.6 Å². The third kappa shape index (κ3) is 6.46. The number of nitrogens with one attached hydrogen (secondary N) is 1. The number of benzene rings is 1. The molecular weight excluding hydrogens is 503 g/mol. The molecule has 0 saturated heterocycles. The van der Waals surface area contributed by atoms with E-state index in [1.54, 1.807) is 0 Å². The van der Waals surface area contributed by atoms with Crippen molar-refractivity contribution in [2.45, 2.75) is 19.9 Å². The van der Waals surface area contributed by atoms with Crippen LogP contribution in [0.4, 0.5) is 0 Å². The van der Waals surface area contributed by atoms with Crippen LogP contribution in [0.3, 0.4) is 0 Å². The van der Waals surface area contributed by atoms with Gasteiger partial charge in [-0.05, 0) is 43.3 Å². The number of aryl methyl sites for hydroxylation is 1. The molecule has 0 aliphatic carbocycles. The lowest BCUT2D eigenvalue weighted by molar-refractivity contribution is 0.379. The van der Waals surface area contributed by atoms with Gasteiger partial charge in [-0.1, -0.05) is 16.8 Å². The molecule has 3 rings (SSSR count). The summed E-state index contributed by atoms with van der Waals surface area (Å²) in [6.45, 7) is 4.19. The predicted molar refractivity (Wildman–Crippen MR) is 127 cm³/mol. The normalized spacial score (nSPS) is 11.2. The molecule has 0 spiro atoms. The number of hydrogen-bond donors (Lipinski definition) is 1. The first-order chi connectivity index (χ1) is 13.6. The van der Waals surface area contributed by atoms with Crippen molar-refractivity contribution in [2.24, 2.45) is 12.0 Å². The van der Waals surface area contributed by atoms with Gasteiger partial charge in [0.25, 0.3) is 0 Å². The lowest BCUT2D eigenvalue weighted by atomic mass is 10.2. The van der Waals surface area contributed by atoms with E-state index in [2.05, 4.69) is 42.9 Å². The Morgan fingerprint density at radius 3 is 2.69 bits per heavy atom. The van der Waals surface area contributed by atoms with Gasteiger partial charge in [0.15, 0.2) is 5.96 Å². The van der Waals surface area contributed by atoms with Gasteiger partial charge in [0.2, 0.25) is 11.7 Å². The zero-order valence-electron chi connectivity index (χ0n) is 16.8. The fourth-order valence-corrected chi connectivity index (χ4v) is 2.90. The van der Waals surface area contributed by atoms with E-state index in [1.807, 2.05) is 50.6 Å².